The third kappa shape index (κ3) is 2.72. The van der Waals surface area contributed by atoms with Crippen molar-refractivity contribution in [3.8, 4) is 0 Å². The van der Waals surface area contributed by atoms with Gasteiger partial charge in [-0.15, -0.1) is 0 Å². The average molecular weight is 361 g/mol. The molecule has 0 aromatic heterocycles. The second kappa shape index (κ2) is 6.43. The monoisotopic (exact) mass is 360 g/mol. The Morgan fingerprint density at radius 2 is 1.90 bits per heavy atom. The summed E-state index contributed by atoms with van der Waals surface area (Å²) in [4.78, 5) is 0. The molecule has 1 atom stereocenters. The van der Waals surface area contributed by atoms with Gasteiger partial charge in [-0.2, -0.15) is 0 Å². The molecule has 100 valence electrons. The van der Waals surface area contributed by atoms with E-state index in [-0.39, 0.29) is 26.0 Å². The van der Waals surface area contributed by atoms with Crippen molar-refractivity contribution in [2.24, 2.45) is 5.92 Å². The molecule has 0 nitrogen and oxygen atoms in total. The Labute approximate surface area is 144 Å². The molecule has 0 bridgehead atoms. The Bertz CT molecular complexity index is 598. The normalized spacial score (nSPS) is 19.8. The van der Waals surface area contributed by atoms with E-state index in [9.17, 15) is 0 Å². The molecule has 2 aliphatic rings. The van der Waals surface area contributed by atoms with E-state index in [0.29, 0.717) is 5.92 Å². The van der Waals surface area contributed by atoms with Gasteiger partial charge < -0.3 is 0 Å². The van der Waals surface area contributed by atoms with E-state index in [2.05, 4.69) is 89.7 Å². The predicted octanol–water partition coefficient (Wildman–Crippen LogP) is 5.08. The fraction of sp³-hybridized carbons (Fsp3) is 0.222. The zero-order chi connectivity index (χ0) is 13.3. The van der Waals surface area contributed by atoms with Gasteiger partial charge in [-0.05, 0) is 30.0 Å². The summed E-state index contributed by atoms with van der Waals surface area (Å²) in [6, 6.07) is 8.66. The zero-order valence-corrected chi connectivity index (χ0v) is 14.7. The molecule has 0 fully saturated rings. The minimum absolute atomic E-state index is 0. The summed E-state index contributed by atoms with van der Waals surface area (Å²) in [7, 11) is 0. The first kappa shape index (κ1) is 15.8. The van der Waals surface area contributed by atoms with Crippen molar-refractivity contribution >= 4 is 22.0 Å². The van der Waals surface area contributed by atoms with Gasteiger partial charge in [-0.1, -0.05) is 82.7 Å². The number of halogens is 1. The maximum atomic E-state index is 4.00. The van der Waals surface area contributed by atoms with E-state index in [4.69, 9.17) is 0 Å². The van der Waals surface area contributed by atoms with Gasteiger partial charge >= 0.3 is 0 Å². The molecule has 0 heterocycles. The minimum atomic E-state index is -0.0930. The number of hydrogen-bond acceptors (Lipinski definition) is 0. The molecule has 20 heavy (non-hydrogen) atoms. The summed E-state index contributed by atoms with van der Waals surface area (Å²) in [6.45, 7) is 2.08. The van der Waals surface area contributed by atoms with E-state index in [1.54, 1.807) is 0 Å². The van der Waals surface area contributed by atoms with Gasteiger partial charge in [0.15, 0.2) is 0 Å². The molecule has 0 radical (unpaired) electrons. The molecule has 2 heteroatoms. The van der Waals surface area contributed by atoms with Crippen LogP contribution < -0.4 is 0 Å². The van der Waals surface area contributed by atoms with Crippen LogP contribution in [0.4, 0.5) is 0 Å². The van der Waals surface area contributed by atoms with Crippen LogP contribution in [0.15, 0.2) is 66.3 Å². The van der Waals surface area contributed by atoms with E-state index in [0.717, 1.165) is 6.42 Å². The van der Waals surface area contributed by atoms with Crippen molar-refractivity contribution in [1.82, 2.24) is 0 Å². The van der Waals surface area contributed by atoms with Crippen molar-refractivity contribution < 1.29 is 21.7 Å². The first-order valence-electron chi connectivity index (χ1n) is 6.71. The third-order valence-electron chi connectivity index (χ3n) is 3.90. The molecule has 0 saturated carbocycles. The van der Waals surface area contributed by atoms with Gasteiger partial charge in [0.2, 0.25) is 0 Å². The summed E-state index contributed by atoms with van der Waals surface area (Å²) in [5, 5.41) is 0. The molecule has 1 aromatic rings. The van der Waals surface area contributed by atoms with Gasteiger partial charge in [-0.25, -0.2) is 0 Å². The van der Waals surface area contributed by atoms with Gasteiger partial charge in [0.05, 0.1) is 4.32 Å². The first-order valence-corrected chi connectivity index (χ1v) is 7.50. The second-order valence-electron chi connectivity index (χ2n) is 5.11. The van der Waals surface area contributed by atoms with Gasteiger partial charge in [0.1, 0.15) is 0 Å². The molecule has 1 unspecified atom stereocenters. The fourth-order valence-electron chi connectivity index (χ4n) is 2.91. The van der Waals surface area contributed by atoms with Crippen LogP contribution in [0, 0.1) is 5.92 Å². The second-order valence-corrected chi connectivity index (χ2v) is 6.42. The van der Waals surface area contributed by atoms with Crippen LogP contribution in [0.25, 0.3) is 6.08 Å². The van der Waals surface area contributed by atoms with Crippen LogP contribution in [0.5, 0.6) is 0 Å². The summed E-state index contributed by atoms with van der Waals surface area (Å²) < 4.78 is -0.0930. The Morgan fingerprint density at radius 1 is 1.20 bits per heavy atom. The van der Waals surface area contributed by atoms with E-state index >= 15 is 0 Å². The standard InChI is InChI=1S/C18H17Br.Ti/c1-2-11-18(19,16-9-5-6-10-16)17-12-14-7-3-4-8-15(14)13-17;/h2-12,16H,13H2,1H3;. The van der Waals surface area contributed by atoms with Crippen molar-refractivity contribution in [2.45, 2.75) is 17.7 Å². The van der Waals surface area contributed by atoms with Crippen LogP contribution in [0.3, 0.4) is 0 Å². The Kier molecular flexibility index (Phi) is 5.06. The molecule has 0 N–H and O–H groups in total. The first-order chi connectivity index (χ1) is 9.24. The molecule has 0 spiro atoms. The average Bonchev–Trinajstić information content (AvgIpc) is 3.08. The molecule has 0 amide bonds. The predicted molar refractivity (Wildman–Crippen MR) is 86.4 cm³/mol. The number of alkyl halides is 1. The van der Waals surface area contributed by atoms with E-state index in [1.807, 2.05) is 0 Å². The van der Waals surface area contributed by atoms with E-state index in [1.165, 1.54) is 16.7 Å². The van der Waals surface area contributed by atoms with Crippen molar-refractivity contribution in [3.63, 3.8) is 0 Å². The summed E-state index contributed by atoms with van der Waals surface area (Å²) in [5.74, 6) is 0.393. The Hall–Kier alpha value is -0.626. The zero-order valence-electron chi connectivity index (χ0n) is 11.5. The molecule has 3 rings (SSSR count). The summed E-state index contributed by atoms with van der Waals surface area (Å²) in [5.41, 5.74) is 4.22. The number of fused-ring (bicyclic) bond motifs is 1. The summed E-state index contributed by atoms with van der Waals surface area (Å²) >= 11 is 4.00. The topological polar surface area (TPSA) is 0 Å². The largest absolute Gasteiger partial charge is 0.0899 e. The van der Waals surface area contributed by atoms with Gasteiger partial charge in [-0.3, -0.25) is 0 Å². The maximum absolute atomic E-state index is 4.00. The fourth-order valence-corrected chi connectivity index (χ4v) is 3.74. The van der Waals surface area contributed by atoms with Crippen molar-refractivity contribution in [2.75, 3.05) is 0 Å². The Morgan fingerprint density at radius 3 is 2.55 bits per heavy atom. The molecular formula is C18H17BrTi. The van der Waals surface area contributed by atoms with Crippen LogP contribution in [0.2, 0.25) is 0 Å². The number of allylic oxidation sites excluding steroid dienone is 7. The van der Waals surface area contributed by atoms with Crippen LogP contribution in [0.1, 0.15) is 18.1 Å². The van der Waals surface area contributed by atoms with Crippen molar-refractivity contribution in [1.29, 1.82) is 0 Å². The molecule has 1 aromatic carbocycles. The molecular weight excluding hydrogens is 344 g/mol. The van der Waals surface area contributed by atoms with Crippen LogP contribution in [-0.4, -0.2) is 4.32 Å². The van der Waals surface area contributed by atoms with E-state index < -0.39 is 0 Å². The Balaban J connectivity index is 0.00000147. The number of hydrogen-bond donors (Lipinski definition) is 0. The maximum Gasteiger partial charge on any atom is 0.0749 e. The van der Waals surface area contributed by atoms with Crippen molar-refractivity contribution in [3.05, 3.63) is 77.4 Å². The van der Waals surface area contributed by atoms with Gasteiger partial charge in [0, 0.05) is 27.6 Å². The van der Waals surface area contributed by atoms with Gasteiger partial charge in [0.25, 0.3) is 0 Å². The van der Waals surface area contributed by atoms with Crippen LogP contribution >= 0.6 is 15.9 Å². The smallest absolute Gasteiger partial charge is 0.0749 e. The molecule has 2 aliphatic carbocycles. The number of benzene rings is 1. The van der Waals surface area contributed by atoms with Crippen LogP contribution in [-0.2, 0) is 28.1 Å². The minimum Gasteiger partial charge on any atom is -0.0899 e. The number of rotatable bonds is 3. The quantitative estimate of drug-likeness (QED) is 0.400. The molecule has 0 aliphatic heterocycles. The summed E-state index contributed by atoms with van der Waals surface area (Å²) in [6.07, 6.45) is 16.6. The SMILES string of the molecule is CC=CC(Br)(C1=Cc2ccccc2C1)C1C=CC=C1.[Ti]. The third-order valence-corrected chi connectivity index (χ3v) is 5.20. The molecule has 0 saturated heterocycles.